The Hall–Kier alpha value is -3.02. The minimum atomic E-state index is 0.366. The number of nitrogens with one attached hydrogen (secondary N) is 1. The van der Waals surface area contributed by atoms with E-state index in [1.54, 1.807) is 6.33 Å². The number of pyridine rings is 2. The van der Waals surface area contributed by atoms with Gasteiger partial charge in [-0.2, -0.15) is 0 Å². The van der Waals surface area contributed by atoms with Gasteiger partial charge in [0.1, 0.15) is 17.9 Å². The molecule has 0 saturated carbocycles. The molecule has 0 radical (unpaired) electrons. The van der Waals surface area contributed by atoms with Crippen LogP contribution in [0.25, 0.3) is 11.3 Å². The zero-order chi connectivity index (χ0) is 17.9. The maximum atomic E-state index is 5.81. The lowest BCUT2D eigenvalue weighted by molar-refractivity contribution is 0.334. The molecule has 0 aliphatic carbocycles. The van der Waals surface area contributed by atoms with Crippen molar-refractivity contribution in [2.45, 2.75) is 26.2 Å². The summed E-state index contributed by atoms with van der Waals surface area (Å²) >= 11 is 0. The van der Waals surface area contributed by atoms with Crippen molar-refractivity contribution in [1.29, 1.82) is 0 Å². The molecular formula is C20H21N5O. The average molecular weight is 347 g/mol. The van der Waals surface area contributed by atoms with Gasteiger partial charge in [-0.3, -0.25) is 9.97 Å². The highest BCUT2D eigenvalue weighted by molar-refractivity contribution is 5.61. The number of anilines is 1. The first-order chi connectivity index (χ1) is 12.7. The van der Waals surface area contributed by atoms with Crippen molar-refractivity contribution in [1.82, 2.24) is 19.9 Å². The van der Waals surface area contributed by atoms with E-state index in [0.717, 1.165) is 47.2 Å². The molecule has 0 spiro atoms. The van der Waals surface area contributed by atoms with Crippen LogP contribution in [0.2, 0.25) is 0 Å². The third kappa shape index (κ3) is 3.35. The summed E-state index contributed by atoms with van der Waals surface area (Å²) in [4.78, 5) is 17.4. The fraction of sp³-hybridized carbons (Fsp3) is 0.300. The second-order valence-corrected chi connectivity index (χ2v) is 6.55. The molecule has 0 saturated heterocycles. The zero-order valence-corrected chi connectivity index (χ0v) is 14.9. The van der Waals surface area contributed by atoms with Gasteiger partial charge < -0.3 is 10.1 Å². The van der Waals surface area contributed by atoms with Gasteiger partial charge in [-0.1, -0.05) is 6.92 Å². The van der Waals surface area contributed by atoms with E-state index in [1.807, 2.05) is 43.6 Å². The van der Waals surface area contributed by atoms with Crippen LogP contribution in [0.3, 0.4) is 0 Å². The van der Waals surface area contributed by atoms with E-state index >= 15 is 0 Å². The summed E-state index contributed by atoms with van der Waals surface area (Å²) in [7, 11) is 0. The molecule has 1 aliphatic rings. The summed E-state index contributed by atoms with van der Waals surface area (Å²) in [5, 5.41) is 3.37. The summed E-state index contributed by atoms with van der Waals surface area (Å²) in [6.07, 6.45) is 6.13. The molecule has 3 aromatic rings. The molecule has 0 fully saturated rings. The average Bonchev–Trinajstić information content (AvgIpc) is 3.05. The van der Waals surface area contributed by atoms with Crippen LogP contribution in [0.15, 0.2) is 43.0 Å². The van der Waals surface area contributed by atoms with Crippen molar-refractivity contribution in [3.8, 4) is 17.0 Å². The van der Waals surface area contributed by atoms with E-state index in [2.05, 4.69) is 32.2 Å². The summed E-state index contributed by atoms with van der Waals surface area (Å²) in [6, 6.07) is 7.98. The van der Waals surface area contributed by atoms with Crippen LogP contribution in [0.1, 0.15) is 29.8 Å². The van der Waals surface area contributed by atoms with E-state index < -0.39 is 0 Å². The van der Waals surface area contributed by atoms with E-state index in [-0.39, 0.29) is 0 Å². The Balaban J connectivity index is 1.43. The molecule has 0 aromatic carbocycles. The fourth-order valence-corrected chi connectivity index (χ4v) is 3.06. The number of ether oxygens (including phenoxy) is 1. The van der Waals surface area contributed by atoms with Gasteiger partial charge in [0, 0.05) is 42.2 Å². The van der Waals surface area contributed by atoms with Crippen LogP contribution in [0, 0.1) is 6.92 Å². The maximum Gasteiger partial charge on any atom is 0.144 e. The lowest BCUT2D eigenvalue weighted by Crippen LogP contribution is -2.07. The van der Waals surface area contributed by atoms with Gasteiger partial charge in [0.2, 0.25) is 0 Å². The Morgan fingerprint density at radius 2 is 2.08 bits per heavy atom. The summed E-state index contributed by atoms with van der Waals surface area (Å²) in [6.45, 7) is 5.59. The first-order valence-corrected chi connectivity index (χ1v) is 8.80. The first-order valence-electron chi connectivity index (χ1n) is 8.80. The van der Waals surface area contributed by atoms with Crippen LogP contribution in [-0.2, 0) is 6.42 Å². The van der Waals surface area contributed by atoms with Crippen molar-refractivity contribution in [3.05, 3.63) is 59.9 Å². The van der Waals surface area contributed by atoms with E-state index in [1.165, 1.54) is 5.56 Å². The second kappa shape index (κ2) is 7.07. The van der Waals surface area contributed by atoms with Gasteiger partial charge in [-0.15, -0.1) is 0 Å². The SMILES string of the molecule is Cc1ccc(-c2cc(NCCc3ccnc4c3OCC4C)ncn2)cn1. The standard InChI is InChI=1S/C20H21N5O/c1-13-11-26-20-15(6-8-22-19(13)20)5-7-21-18-9-17(24-12-25-18)16-4-3-14(2)23-10-16/h3-4,6,8-10,12-13H,5,7,11H2,1-2H3,(H,21,24,25). The molecular weight excluding hydrogens is 326 g/mol. The zero-order valence-electron chi connectivity index (χ0n) is 14.9. The number of fused-ring (bicyclic) bond motifs is 1. The maximum absolute atomic E-state index is 5.81. The van der Waals surface area contributed by atoms with Gasteiger partial charge in [0.15, 0.2) is 0 Å². The number of hydrogen-bond acceptors (Lipinski definition) is 6. The highest BCUT2D eigenvalue weighted by atomic mass is 16.5. The third-order valence-corrected chi connectivity index (χ3v) is 4.53. The normalized spacial score (nSPS) is 15.4. The predicted molar refractivity (Wildman–Crippen MR) is 100 cm³/mol. The molecule has 0 bridgehead atoms. The quantitative estimate of drug-likeness (QED) is 0.763. The Kier molecular flexibility index (Phi) is 4.48. The van der Waals surface area contributed by atoms with Crippen LogP contribution in [0.4, 0.5) is 5.82 Å². The third-order valence-electron chi connectivity index (χ3n) is 4.53. The highest BCUT2D eigenvalue weighted by Gasteiger charge is 2.23. The van der Waals surface area contributed by atoms with E-state index in [4.69, 9.17) is 4.74 Å². The molecule has 4 rings (SSSR count). The largest absolute Gasteiger partial charge is 0.491 e. The summed E-state index contributed by atoms with van der Waals surface area (Å²) < 4.78 is 5.81. The highest BCUT2D eigenvalue weighted by Crippen LogP contribution is 2.34. The molecule has 1 unspecified atom stereocenters. The predicted octanol–water partition coefficient (Wildman–Crippen LogP) is 3.39. The van der Waals surface area contributed by atoms with Crippen molar-refractivity contribution >= 4 is 5.82 Å². The molecule has 1 N–H and O–H groups in total. The molecule has 3 aromatic heterocycles. The van der Waals surface area contributed by atoms with Gasteiger partial charge in [-0.25, -0.2) is 9.97 Å². The van der Waals surface area contributed by atoms with Crippen molar-refractivity contribution in [2.24, 2.45) is 0 Å². The van der Waals surface area contributed by atoms with Crippen LogP contribution >= 0.6 is 0 Å². The van der Waals surface area contributed by atoms with Crippen molar-refractivity contribution in [3.63, 3.8) is 0 Å². The summed E-state index contributed by atoms with van der Waals surface area (Å²) in [5.41, 5.74) is 5.08. The number of hydrogen-bond donors (Lipinski definition) is 1. The fourth-order valence-electron chi connectivity index (χ4n) is 3.06. The smallest absolute Gasteiger partial charge is 0.144 e. The molecule has 4 heterocycles. The molecule has 26 heavy (non-hydrogen) atoms. The van der Waals surface area contributed by atoms with Crippen LogP contribution in [0.5, 0.6) is 5.75 Å². The molecule has 0 amide bonds. The minimum Gasteiger partial charge on any atom is -0.491 e. The van der Waals surface area contributed by atoms with Crippen molar-refractivity contribution < 1.29 is 4.74 Å². The number of nitrogens with zero attached hydrogens (tertiary/aromatic N) is 4. The van der Waals surface area contributed by atoms with Gasteiger partial charge >= 0.3 is 0 Å². The molecule has 6 nitrogen and oxygen atoms in total. The van der Waals surface area contributed by atoms with Gasteiger partial charge in [-0.05, 0) is 37.1 Å². The van der Waals surface area contributed by atoms with E-state index in [9.17, 15) is 0 Å². The molecule has 1 aliphatic heterocycles. The molecule has 6 heteroatoms. The molecule has 1 atom stereocenters. The second-order valence-electron chi connectivity index (χ2n) is 6.55. The Morgan fingerprint density at radius 1 is 1.15 bits per heavy atom. The molecule has 132 valence electrons. The van der Waals surface area contributed by atoms with Gasteiger partial charge in [0.05, 0.1) is 18.0 Å². The van der Waals surface area contributed by atoms with E-state index in [0.29, 0.717) is 12.5 Å². The van der Waals surface area contributed by atoms with Crippen LogP contribution in [-0.4, -0.2) is 33.1 Å². The monoisotopic (exact) mass is 347 g/mol. The van der Waals surface area contributed by atoms with Gasteiger partial charge in [0.25, 0.3) is 0 Å². The van der Waals surface area contributed by atoms with Crippen LogP contribution < -0.4 is 10.1 Å². The minimum absolute atomic E-state index is 0.366. The Bertz CT molecular complexity index is 910. The lowest BCUT2D eigenvalue weighted by atomic mass is 10.1. The number of aryl methyl sites for hydroxylation is 1. The number of rotatable bonds is 5. The van der Waals surface area contributed by atoms with Crippen molar-refractivity contribution in [2.75, 3.05) is 18.5 Å². The first kappa shape index (κ1) is 16.4. The Labute approximate surface area is 152 Å². The lowest BCUT2D eigenvalue weighted by Gasteiger charge is -2.09. The number of aromatic nitrogens is 4. The topological polar surface area (TPSA) is 72.8 Å². The summed E-state index contributed by atoms with van der Waals surface area (Å²) in [5.74, 6) is 2.12. The Morgan fingerprint density at radius 3 is 2.92 bits per heavy atom.